The zero-order valence-corrected chi connectivity index (χ0v) is 15.1. The highest BCUT2D eigenvalue weighted by Gasteiger charge is 2.15. The highest BCUT2D eigenvalue weighted by Crippen LogP contribution is 2.24. The first kappa shape index (κ1) is 18.7. The quantitative estimate of drug-likeness (QED) is 0.518. The Morgan fingerprint density at radius 1 is 1.19 bits per heavy atom. The molecule has 0 saturated heterocycles. The minimum Gasteiger partial charge on any atom is -0.382 e. The standard InChI is InChI=1S/C19H22N4O4/c1-2-27-10-6-9-20-15(24)12-23-18(25)17-16(22-19(23)26)14(11-21-17)13-7-4-3-5-8-13/h3-5,7-8,11,21H,2,6,9-10,12H2,1H3,(H,20,24)(H,22,26). The van der Waals surface area contributed by atoms with Crippen LogP contribution >= 0.6 is 0 Å². The molecule has 1 amide bonds. The molecule has 0 saturated carbocycles. The van der Waals surface area contributed by atoms with Crippen molar-refractivity contribution < 1.29 is 9.53 Å². The van der Waals surface area contributed by atoms with Gasteiger partial charge in [-0.05, 0) is 18.9 Å². The van der Waals surface area contributed by atoms with Crippen molar-refractivity contribution in [3.63, 3.8) is 0 Å². The number of hydrogen-bond donors (Lipinski definition) is 3. The molecule has 0 aliphatic heterocycles. The summed E-state index contributed by atoms with van der Waals surface area (Å²) in [6.07, 6.45) is 2.34. The normalized spacial score (nSPS) is 11.0. The molecule has 0 bridgehead atoms. The van der Waals surface area contributed by atoms with Crippen molar-refractivity contribution in [2.24, 2.45) is 0 Å². The molecule has 27 heavy (non-hydrogen) atoms. The van der Waals surface area contributed by atoms with Crippen molar-refractivity contribution >= 4 is 16.9 Å². The van der Waals surface area contributed by atoms with Crippen LogP contribution < -0.4 is 16.6 Å². The molecule has 0 unspecified atom stereocenters. The number of aromatic nitrogens is 3. The van der Waals surface area contributed by atoms with Gasteiger partial charge in [0.05, 0.1) is 5.52 Å². The van der Waals surface area contributed by atoms with E-state index >= 15 is 0 Å². The summed E-state index contributed by atoms with van der Waals surface area (Å²) in [7, 11) is 0. The van der Waals surface area contributed by atoms with Gasteiger partial charge >= 0.3 is 5.69 Å². The highest BCUT2D eigenvalue weighted by molar-refractivity contribution is 5.91. The lowest BCUT2D eigenvalue weighted by molar-refractivity contribution is -0.121. The molecular weight excluding hydrogens is 348 g/mol. The van der Waals surface area contributed by atoms with Crippen LogP contribution in [0.2, 0.25) is 0 Å². The van der Waals surface area contributed by atoms with Crippen molar-refractivity contribution in [3.05, 3.63) is 57.4 Å². The van der Waals surface area contributed by atoms with Crippen molar-refractivity contribution in [1.29, 1.82) is 0 Å². The molecule has 1 aromatic carbocycles. The number of fused-ring (bicyclic) bond motifs is 1. The van der Waals surface area contributed by atoms with Crippen LogP contribution in [0.15, 0.2) is 46.1 Å². The van der Waals surface area contributed by atoms with E-state index in [0.29, 0.717) is 31.7 Å². The smallest absolute Gasteiger partial charge is 0.329 e. The van der Waals surface area contributed by atoms with Crippen molar-refractivity contribution in [2.75, 3.05) is 19.8 Å². The van der Waals surface area contributed by atoms with E-state index in [9.17, 15) is 14.4 Å². The largest absolute Gasteiger partial charge is 0.382 e. The van der Waals surface area contributed by atoms with Crippen molar-refractivity contribution in [1.82, 2.24) is 19.9 Å². The second-order valence-corrected chi connectivity index (χ2v) is 6.04. The van der Waals surface area contributed by atoms with Gasteiger partial charge in [0.2, 0.25) is 5.91 Å². The first-order valence-electron chi connectivity index (χ1n) is 8.86. The molecule has 2 heterocycles. The van der Waals surface area contributed by atoms with Crippen LogP contribution in [0.1, 0.15) is 13.3 Å². The number of aromatic amines is 2. The van der Waals surface area contributed by atoms with Gasteiger partial charge in [0, 0.05) is 31.5 Å². The van der Waals surface area contributed by atoms with Crippen LogP contribution in [0.25, 0.3) is 22.2 Å². The summed E-state index contributed by atoms with van der Waals surface area (Å²) in [6.45, 7) is 3.16. The molecule has 0 fully saturated rings. The monoisotopic (exact) mass is 370 g/mol. The molecule has 3 aromatic rings. The average Bonchev–Trinajstić information content (AvgIpc) is 3.09. The average molecular weight is 370 g/mol. The first-order chi connectivity index (χ1) is 13.1. The fourth-order valence-electron chi connectivity index (χ4n) is 2.86. The summed E-state index contributed by atoms with van der Waals surface area (Å²) in [5, 5.41) is 2.68. The molecule has 0 aliphatic carbocycles. The van der Waals surface area contributed by atoms with E-state index in [1.165, 1.54) is 0 Å². The molecule has 142 valence electrons. The SMILES string of the molecule is CCOCCCNC(=O)Cn1c(=O)[nH]c2c(-c3ccccc3)c[nH]c2c1=O. The van der Waals surface area contributed by atoms with Crippen LogP contribution in [0, 0.1) is 0 Å². The highest BCUT2D eigenvalue weighted by atomic mass is 16.5. The fourth-order valence-corrected chi connectivity index (χ4v) is 2.86. The molecule has 2 aromatic heterocycles. The number of nitrogens with zero attached hydrogens (tertiary/aromatic N) is 1. The van der Waals surface area contributed by atoms with Crippen LogP contribution in [0.4, 0.5) is 0 Å². The molecular formula is C19H22N4O4. The van der Waals surface area contributed by atoms with Gasteiger partial charge in [0.25, 0.3) is 5.56 Å². The van der Waals surface area contributed by atoms with Gasteiger partial charge in [-0.1, -0.05) is 30.3 Å². The van der Waals surface area contributed by atoms with E-state index in [4.69, 9.17) is 4.74 Å². The first-order valence-corrected chi connectivity index (χ1v) is 8.86. The minimum absolute atomic E-state index is 0.262. The van der Waals surface area contributed by atoms with Gasteiger partial charge in [0.15, 0.2) is 0 Å². The number of H-pyrrole nitrogens is 2. The van der Waals surface area contributed by atoms with Gasteiger partial charge in [-0.25, -0.2) is 9.36 Å². The van der Waals surface area contributed by atoms with E-state index < -0.39 is 17.2 Å². The van der Waals surface area contributed by atoms with Gasteiger partial charge in [-0.3, -0.25) is 9.59 Å². The van der Waals surface area contributed by atoms with E-state index in [1.807, 2.05) is 37.3 Å². The van der Waals surface area contributed by atoms with Gasteiger partial charge in [-0.2, -0.15) is 0 Å². The summed E-state index contributed by atoms with van der Waals surface area (Å²) in [5.41, 5.74) is 1.16. The number of carbonyl (C=O) groups is 1. The maximum Gasteiger partial charge on any atom is 0.329 e. The summed E-state index contributed by atoms with van der Waals surface area (Å²) >= 11 is 0. The van der Waals surface area contributed by atoms with E-state index in [1.54, 1.807) is 6.20 Å². The number of carbonyl (C=O) groups excluding carboxylic acids is 1. The Balaban J connectivity index is 1.81. The summed E-state index contributed by atoms with van der Waals surface area (Å²) < 4.78 is 6.09. The second kappa shape index (κ2) is 8.50. The number of rotatable bonds is 8. The van der Waals surface area contributed by atoms with Gasteiger partial charge < -0.3 is 20.0 Å². The second-order valence-electron chi connectivity index (χ2n) is 6.04. The van der Waals surface area contributed by atoms with E-state index in [0.717, 1.165) is 15.7 Å². The number of hydrogen-bond acceptors (Lipinski definition) is 4. The summed E-state index contributed by atoms with van der Waals surface area (Å²) in [5.74, 6) is -0.395. The molecule has 3 N–H and O–H groups in total. The maximum absolute atomic E-state index is 12.7. The number of benzene rings is 1. The third-order valence-electron chi connectivity index (χ3n) is 4.19. The third kappa shape index (κ3) is 4.17. The van der Waals surface area contributed by atoms with Crippen molar-refractivity contribution in [2.45, 2.75) is 19.9 Å². The lowest BCUT2D eigenvalue weighted by Gasteiger charge is -2.07. The molecule has 8 heteroatoms. The molecule has 0 radical (unpaired) electrons. The third-order valence-corrected chi connectivity index (χ3v) is 4.19. The predicted octanol–water partition coefficient (Wildman–Crippen LogP) is 1.23. The summed E-state index contributed by atoms with van der Waals surface area (Å²) in [6, 6.07) is 9.43. The van der Waals surface area contributed by atoms with Crippen LogP contribution in [-0.4, -0.2) is 40.2 Å². The molecule has 8 nitrogen and oxygen atoms in total. The molecule has 0 aliphatic rings. The fraction of sp³-hybridized carbons (Fsp3) is 0.316. The Labute approximate surface area is 155 Å². The van der Waals surface area contributed by atoms with E-state index in [-0.39, 0.29) is 12.1 Å². The molecule has 0 spiro atoms. The Kier molecular flexibility index (Phi) is 5.87. The molecule has 3 rings (SSSR count). The minimum atomic E-state index is -0.617. The zero-order chi connectivity index (χ0) is 19.2. The van der Waals surface area contributed by atoms with Crippen LogP contribution in [0.5, 0.6) is 0 Å². The van der Waals surface area contributed by atoms with Gasteiger partial charge in [-0.15, -0.1) is 0 Å². The Morgan fingerprint density at radius 3 is 2.70 bits per heavy atom. The maximum atomic E-state index is 12.7. The lowest BCUT2D eigenvalue weighted by atomic mass is 10.1. The lowest BCUT2D eigenvalue weighted by Crippen LogP contribution is -2.40. The predicted molar refractivity (Wildman–Crippen MR) is 103 cm³/mol. The van der Waals surface area contributed by atoms with Crippen molar-refractivity contribution in [3.8, 4) is 11.1 Å². The number of ether oxygens (including phenoxy) is 1. The molecule has 0 atom stereocenters. The Hall–Kier alpha value is -3.13. The number of nitrogens with one attached hydrogen (secondary N) is 3. The zero-order valence-electron chi connectivity index (χ0n) is 15.1. The van der Waals surface area contributed by atoms with Crippen LogP contribution in [0.3, 0.4) is 0 Å². The van der Waals surface area contributed by atoms with Crippen LogP contribution in [-0.2, 0) is 16.1 Å². The number of amides is 1. The van der Waals surface area contributed by atoms with Gasteiger partial charge in [0.1, 0.15) is 12.1 Å². The topological polar surface area (TPSA) is 109 Å². The van der Waals surface area contributed by atoms with E-state index in [2.05, 4.69) is 15.3 Å². The Bertz CT molecular complexity index is 1030. The summed E-state index contributed by atoms with van der Waals surface area (Å²) in [4.78, 5) is 42.7. The Morgan fingerprint density at radius 2 is 1.96 bits per heavy atom.